The number of halogens is 3. The maximum atomic E-state index is 13.2. The molecule has 0 aromatic heterocycles. The molecule has 0 aliphatic rings. The second-order valence-electron chi connectivity index (χ2n) is 8.16. The van der Waals surface area contributed by atoms with Crippen LogP contribution >= 0.6 is 34.8 Å². The highest BCUT2D eigenvalue weighted by Gasteiger charge is 2.31. The molecule has 0 saturated carbocycles. The Labute approximate surface area is 198 Å². The summed E-state index contributed by atoms with van der Waals surface area (Å²) in [5.41, 5.74) is 0.254. The van der Waals surface area contributed by atoms with E-state index in [4.69, 9.17) is 39.5 Å². The predicted octanol–water partition coefficient (Wildman–Crippen LogP) is 5.75. The van der Waals surface area contributed by atoms with Crippen LogP contribution in [0.2, 0.25) is 15.1 Å². The SMILES string of the molecule is CC[C@H](C(=O)NC(C)(C)C)N(Cc1ccc(Cl)cc1Cl)C(=O)COc1ccc(Cl)cc1. The number of nitrogens with one attached hydrogen (secondary N) is 1. The number of rotatable bonds is 8. The van der Waals surface area contributed by atoms with E-state index in [1.807, 2.05) is 27.7 Å². The van der Waals surface area contributed by atoms with Gasteiger partial charge in [0.15, 0.2) is 6.61 Å². The van der Waals surface area contributed by atoms with Crippen LogP contribution in [0.3, 0.4) is 0 Å². The van der Waals surface area contributed by atoms with E-state index in [1.54, 1.807) is 42.5 Å². The van der Waals surface area contributed by atoms with Crippen molar-refractivity contribution in [1.29, 1.82) is 0 Å². The van der Waals surface area contributed by atoms with E-state index >= 15 is 0 Å². The van der Waals surface area contributed by atoms with Gasteiger partial charge in [-0.05, 0) is 69.2 Å². The van der Waals surface area contributed by atoms with Gasteiger partial charge in [-0.15, -0.1) is 0 Å². The lowest BCUT2D eigenvalue weighted by molar-refractivity contribution is -0.143. The number of nitrogens with zero attached hydrogens (tertiary/aromatic N) is 1. The van der Waals surface area contributed by atoms with Crippen molar-refractivity contribution in [2.45, 2.75) is 52.2 Å². The van der Waals surface area contributed by atoms with Gasteiger partial charge < -0.3 is 15.0 Å². The molecule has 0 saturated heterocycles. The van der Waals surface area contributed by atoms with E-state index < -0.39 is 11.6 Å². The van der Waals surface area contributed by atoms with Gasteiger partial charge in [-0.3, -0.25) is 9.59 Å². The minimum atomic E-state index is -0.688. The van der Waals surface area contributed by atoms with Crippen LogP contribution in [0, 0.1) is 0 Å². The van der Waals surface area contributed by atoms with Crippen molar-refractivity contribution in [2.24, 2.45) is 0 Å². The van der Waals surface area contributed by atoms with Crippen molar-refractivity contribution in [1.82, 2.24) is 10.2 Å². The lowest BCUT2D eigenvalue weighted by Crippen LogP contribution is -2.54. The number of benzene rings is 2. The summed E-state index contributed by atoms with van der Waals surface area (Å²) in [4.78, 5) is 27.6. The van der Waals surface area contributed by atoms with Gasteiger partial charge in [0, 0.05) is 27.2 Å². The zero-order valence-electron chi connectivity index (χ0n) is 18.0. The second kappa shape index (κ2) is 11.1. The van der Waals surface area contributed by atoms with Gasteiger partial charge in [-0.1, -0.05) is 47.8 Å². The van der Waals surface area contributed by atoms with E-state index in [0.29, 0.717) is 32.8 Å². The molecular formula is C23H27Cl3N2O3. The van der Waals surface area contributed by atoms with Gasteiger partial charge in [0.2, 0.25) is 5.91 Å². The molecule has 2 amide bonds. The number of hydrogen-bond donors (Lipinski definition) is 1. The zero-order valence-corrected chi connectivity index (χ0v) is 20.3. The quantitative estimate of drug-likeness (QED) is 0.518. The molecule has 31 heavy (non-hydrogen) atoms. The average Bonchev–Trinajstić information content (AvgIpc) is 2.67. The summed E-state index contributed by atoms with van der Waals surface area (Å²) in [6, 6.07) is 11.1. The Morgan fingerprint density at radius 1 is 1.03 bits per heavy atom. The van der Waals surface area contributed by atoms with Gasteiger partial charge in [0.1, 0.15) is 11.8 Å². The molecule has 168 valence electrons. The Bertz CT molecular complexity index is 911. The molecule has 0 heterocycles. The van der Waals surface area contributed by atoms with Crippen LogP contribution in [-0.4, -0.2) is 34.9 Å². The molecule has 2 aromatic rings. The van der Waals surface area contributed by atoms with Gasteiger partial charge >= 0.3 is 0 Å². The lowest BCUT2D eigenvalue weighted by atomic mass is 10.1. The first-order valence-corrected chi connectivity index (χ1v) is 11.1. The number of carbonyl (C=O) groups is 2. The number of carbonyl (C=O) groups excluding carboxylic acids is 2. The fourth-order valence-corrected chi connectivity index (χ4v) is 3.56. The van der Waals surface area contributed by atoms with Crippen LogP contribution in [0.5, 0.6) is 5.75 Å². The molecule has 0 fully saturated rings. The van der Waals surface area contributed by atoms with Crippen molar-refractivity contribution in [3.05, 3.63) is 63.1 Å². The van der Waals surface area contributed by atoms with Crippen LogP contribution < -0.4 is 10.1 Å². The topological polar surface area (TPSA) is 58.6 Å². The zero-order chi connectivity index (χ0) is 23.2. The maximum absolute atomic E-state index is 13.2. The standard InChI is InChI=1S/C23H27Cl3N2O3/c1-5-20(22(30)27-23(2,3)4)28(13-15-6-7-17(25)12-19(15)26)21(29)14-31-18-10-8-16(24)9-11-18/h6-12,20H,5,13-14H2,1-4H3,(H,27,30)/t20-/m1/s1. The second-order valence-corrected chi connectivity index (χ2v) is 9.44. The Morgan fingerprint density at radius 2 is 1.65 bits per heavy atom. The third-order valence-corrected chi connectivity index (χ3v) is 5.25. The minimum Gasteiger partial charge on any atom is -0.484 e. The molecule has 1 N–H and O–H groups in total. The molecule has 0 aliphatic carbocycles. The molecule has 0 radical (unpaired) electrons. The lowest BCUT2D eigenvalue weighted by Gasteiger charge is -2.33. The Balaban J connectivity index is 2.27. The van der Waals surface area contributed by atoms with Crippen LogP contribution in [0.25, 0.3) is 0 Å². The average molecular weight is 486 g/mol. The molecule has 1 atom stereocenters. The summed E-state index contributed by atoms with van der Waals surface area (Å²) in [7, 11) is 0. The first-order valence-electron chi connectivity index (χ1n) is 9.94. The monoisotopic (exact) mass is 484 g/mol. The fraction of sp³-hybridized carbons (Fsp3) is 0.391. The summed E-state index contributed by atoms with van der Waals surface area (Å²) in [6.07, 6.45) is 0.430. The van der Waals surface area contributed by atoms with E-state index in [2.05, 4.69) is 5.32 Å². The smallest absolute Gasteiger partial charge is 0.261 e. The number of amides is 2. The molecule has 0 spiro atoms. The Hall–Kier alpha value is -1.95. The van der Waals surface area contributed by atoms with Crippen molar-refractivity contribution in [3.8, 4) is 5.75 Å². The van der Waals surface area contributed by atoms with Gasteiger partial charge in [-0.2, -0.15) is 0 Å². The number of ether oxygens (including phenoxy) is 1. The van der Waals surface area contributed by atoms with E-state index in [1.165, 1.54) is 4.90 Å². The van der Waals surface area contributed by atoms with E-state index in [-0.39, 0.29) is 25.0 Å². The molecule has 8 heteroatoms. The normalized spacial score (nSPS) is 12.2. The molecule has 0 bridgehead atoms. The number of hydrogen-bond acceptors (Lipinski definition) is 3. The Kier molecular flexibility index (Phi) is 9.04. The molecule has 0 aliphatic heterocycles. The fourth-order valence-electron chi connectivity index (χ4n) is 2.96. The maximum Gasteiger partial charge on any atom is 0.261 e. The van der Waals surface area contributed by atoms with Gasteiger partial charge in [-0.25, -0.2) is 0 Å². The Morgan fingerprint density at radius 3 is 2.19 bits per heavy atom. The highest BCUT2D eigenvalue weighted by Crippen LogP contribution is 2.24. The van der Waals surface area contributed by atoms with Crippen molar-refractivity contribution in [2.75, 3.05) is 6.61 Å². The first-order chi connectivity index (χ1) is 14.5. The van der Waals surface area contributed by atoms with Crippen LogP contribution in [-0.2, 0) is 16.1 Å². The van der Waals surface area contributed by atoms with Crippen molar-refractivity contribution in [3.63, 3.8) is 0 Å². The highest BCUT2D eigenvalue weighted by molar-refractivity contribution is 6.35. The molecule has 5 nitrogen and oxygen atoms in total. The molecule has 2 aromatic carbocycles. The molecule has 2 rings (SSSR count). The van der Waals surface area contributed by atoms with Crippen molar-refractivity contribution < 1.29 is 14.3 Å². The molecule has 0 unspecified atom stereocenters. The summed E-state index contributed by atoms with van der Waals surface area (Å²) in [5, 5.41) is 4.45. The van der Waals surface area contributed by atoms with Crippen LogP contribution in [0.15, 0.2) is 42.5 Å². The largest absolute Gasteiger partial charge is 0.484 e. The third-order valence-electron chi connectivity index (χ3n) is 4.42. The third kappa shape index (κ3) is 7.91. The highest BCUT2D eigenvalue weighted by atomic mass is 35.5. The summed E-state index contributed by atoms with van der Waals surface area (Å²) in [6.45, 7) is 7.45. The van der Waals surface area contributed by atoms with Gasteiger partial charge in [0.25, 0.3) is 5.91 Å². The van der Waals surface area contributed by atoms with Crippen LogP contribution in [0.4, 0.5) is 0 Å². The minimum absolute atomic E-state index is 0.148. The summed E-state index contributed by atoms with van der Waals surface area (Å²) in [5.74, 6) is -0.0637. The van der Waals surface area contributed by atoms with Crippen molar-refractivity contribution >= 4 is 46.6 Å². The van der Waals surface area contributed by atoms with E-state index in [9.17, 15) is 9.59 Å². The summed E-state index contributed by atoms with van der Waals surface area (Å²) >= 11 is 18.2. The predicted molar refractivity (Wildman–Crippen MR) is 126 cm³/mol. The first kappa shape index (κ1) is 25.3. The summed E-state index contributed by atoms with van der Waals surface area (Å²) < 4.78 is 5.63. The van der Waals surface area contributed by atoms with E-state index in [0.717, 1.165) is 0 Å². The van der Waals surface area contributed by atoms with Gasteiger partial charge in [0.05, 0.1) is 0 Å². The van der Waals surface area contributed by atoms with Crippen LogP contribution in [0.1, 0.15) is 39.7 Å². The molecular weight excluding hydrogens is 459 g/mol.